The van der Waals surface area contributed by atoms with E-state index in [0.717, 1.165) is 0 Å². The zero-order valence-corrected chi connectivity index (χ0v) is 10.8. The van der Waals surface area contributed by atoms with E-state index in [9.17, 15) is 14.4 Å². The molecule has 0 unspecified atom stereocenters. The molecule has 0 aliphatic carbocycles. The van der Waals surface area contributed by atoms with Gasteiger partial charge in [-0.3, -0.25) is 4.79 Å². The fraction of sp³-hybridized carbons (Fsp3) is 0.417. The molecule has 104 valence electrons. The van der Waals surface area contributed by atoms with Crippen LogP contribution in [0, 0.1) is 0 Å². The van der Waals surface area contributed by atoms with Crippen LogP contribution in [0.15, 0.2) is 18.3 Å². The Labute approximate surface area is 110 Å². The van der Waals surface area contributed by atoms with Gasteiger partial charge in [-0.15, -0.1) is 0 Å². The van der Waals surface area contributed by atoms with Crippen LogP contribution in [0.1, 0.15) is 24.3 Å². The Morgan fingerprint density at radius 3 is 2.21 bits per heavy atom. The Bertz CT molecular complexity index is 423. The van der Waals surface area contributed by atoms with E-state index in [0.29, 0.717) is 0 Å². The van der Waals surface area contributed by atoms with E-state index in [1.54, 1.807) is 26.1 Å². The molecule has 7 heteroatoms. The smallest absolute Gasteiger partial charge is 0.340 e. The van der Waals surface area contributed by atoms with Crippen molar-refractivity contribution in [1.82, 2.24) is 10.3 Å². The fourth-order valence-electron chi connectivity index (χ4n) is 1.35. The van der Waals surface area contributed by atoms with Gasteiger partial charge in [0.15, 0.2) is 0 Å². The maximum atomic E-state index is 11.8. The second kappa shape index (κ2) is 7.20. The first-order valence-corrected chi connectivity index (χ1v) is 5.87. The van der Waals surface area contributed by atoms with Crippen LogP contribution in [0.5, 0.6) is 0 Å². The molecule has 0 saturated carbocycles. The molecule has 1 aromatic heterocycles. The minimum atomic E-state index is -1.46. The Morgan fingerprint density at radius 1 is 1.21 bits per heavy atom. The summed E-state index contributed by atoms with van der Waals surface area (Å²) in [5, 5.41) is 2.27. The van der Waals surface area contributed by atoms with E-state index in [4.69, 9.17) is 9.47 Å². The summed E-state index contributed by atoms with van der Waals surface area (Å²) in [6.07, 6.45) is 1.55. The van der Waals surface area contributed by atoms with Crippen molar-refractivity contribution in [2.45, 2.75) is 19.9 Å². The number of carbonyl (C=O) groups is 3. The van der Waals surface area contributed by atoms with Crippen LogP contribution in [0.2, 0.25) is 0 Å². The Balaban J connectivity index is 2.76. The zero-order valence-electron chi connectivity index (χ0n) is 10.8. The number of hydrogen-bond acceptors (Lipinski definition) is 5. The maximum absolute atomic E-state index is 11.8. The first-order valence-electron chi connectivity index (χ1n) is 5.87. The molecule has 0 fully saturated rings. The molecular weight excluding hydrogens is 252 g/mol. The van der Waals surface area contributed by atoms with Crippen LogP contribution < -0.4 is 5.32 Å². The molecule has 1 amide bonds. The molecule has 0 aliphatic heterocycles. The number of H-pyrrole nitrogens is 1. The highest BCUT2D eigenvalue weighted by Gasteiger charge is 2.31. The number of esters is 2. The summed E-state index contributed by atoms with van der Waals surface area (Å²) in [7, 11) is 0. The van der Waals surface area contributed by atoms with Crippen molar-refractivity contribution in [2.24, 2.45) is 0 Å². The van der Waals surface area contributed by atoms with Gasteiger partial charge in [-0.2, -0.15) is 0 Å². The quantitative estimate of drug-likeness (QED) is 0.569. The Kier molecular flexibility index (Phi) is 5.59. The van der Waals surface area contributed by atoms with E-state index < -0.39 is 23.9 Å². The number of hydrogen-bond donors (Lipinski definition) is 2. The summed E-state index contributed by atoms with van der Waals surface area (Å²) >= 11 is 0. The molecule has 1 aromatic rings. The van der Waals surface area contributed by atoms with E-state index in [1.807, 2.05) is 0 Å². The monoisotopic (exact) mass is 268 g/mol. The van der Waals surface area contributed by atoms with Gasteiger partial charge in [0.25, 0.3) is 5.91 Å². The third-order valence-electron chi connectivity index (χ3n) is 2.16. The second-order valence-electron chi connectivity index (χ2n) is 3.49. The number of ether oxygens (including phenoxy) is 2. The number of aromatic amines is 1. The molecule has 0 saturated heterocycles. The lowest BCUT2D eigenvalue weighted by Gasteiger charge is -2.15. The summed E-state index contributed by atoms with van der Waals surface area (Å²) in [6, 6.07) is 1.68. The zero-order chi connectivity index (χ0) is 14.3. The molecule has 1 rings (SSSR count). The number of rotatable bonds is 6. The van der Waals surface area contributed by atoms with Crippen LogP contribution in [-0.2, 0) is 19.1 Å². The molecule has 0 aromatic carbocycles. The van der Waals surface area contributed by atoms with Crippen LogP contribution in [0.4, 0.5) is 0 Å². The van der Waals surface area contributed by atoms with E-state index in [2.05, 4.69) is 10.3 Å². The highest BCUT2D eigenvalue weighted by Crippen LogP contribution is 1.99. The molecule has 19 heavy (non-hydrogen) atoms. The Hall–Kier alpha value is -2.31. The molecular formula is C12H16N2O5. The van der Waals surface area contributed by atoms with E-state index in [-0.39, 0.29) is 18.9 Å². The predicted molar refractivity (Wildman–Crippen MR) is 65.3 cm³/mol. The van der Waals surface area contributed by atoms with Crippen molar-refractivity contribution >= 4 is 17.8 Å². The van der Waals surface area contributed by atoms with Crippen LogP contribution in [0.25, 0.3) is 0 Å². The molecule has 0 aliphatic rings. The first kappa shape index (κ1) is 14.7. The van der Waals surface area contributed by atoms with Crippen molar-refractivity contribution in [2.75, 3.05) is 13.2 Å². The van der Waals surface area contributed by atoms with Gasteiger partial charge in [-0.05, 0) is 26.0 Å². The van der Waals surface area contributed by atoms with Gasteiger partial charge in [0.2, 0.25) is 6.04 Å². The molecule has 0 radical (unpaired) electrons. The summed E-state index contributed by atoms with van der Waals surface area (Å²) in [6.45, 7) is 3.42. The van der Waals surface area contributed by atoms with E-state index in [1.165, 1.54) is 6.07 Å². The average molecular weight is 268 g/mol. The molecule has 0 bridgehead atoms. The highest BCUT2D eigenvalue weighted by molar-refractivity contribution is 6.05. The van der Waals surface area contributed by atoms with Gasteiger partial charge in [-0.25, -0.2) is 9.59 Å². The molecule has 0 atom stereocenters. The minimum Gasteiger partial charge on any atom is -0.464 e. The number of nitrogens with one attached hydrogen (secondary N) is 2. The standard InChI is InChI=1S/C12H16N2O5/c1-3-18-11(16)9(12(17)19-4-2)14-10(15)8-6-5-7-13-8/h5-7,9,13H,3-4H2,1-2H3,(H,14,15). The van der Waals surface area contributed by atoms with Crippen LogP contribution >= 0.6 is 0 Å². The summed E-state index contributed by atoms with van der Waals surface area (Å²) in [5.74, 6) is -2.28. The van der Waals surface area contributed by atoms with Crippen molar-refractivity contribution in [3.05, 3.63) is 24.0 Å². The van der Waals surface area contributed by atoms with Gasteiger partial charge >= 0.3 is 11.9 Å². The Morgan fingerprint density at radius 2 is 1.79 bits per heavy atom. The van der Waals surface area contributed by atoms with Crippen molar-refractivity contribution in [1.29, 1.82) is 0 Å². The molecule has 2 N–H and O–H groups in total. The first-order chi connectivity index (χ1) is 9.10. The lowest BCUT2D eigenvalue weighted by molar-refractivity contribution is -0.157. The van der Waals surface area contributed by atoms with Crippen LogP contribution in [-0.4, -0.2) is 42.1 Å². The number of carbonyl (C=O) groups excluding carboxylic acids is 3. The lowest BCUT2D eigenvalue weighted by atomic mass is 10.2. The third-order valence-corrected chi connectivity index (χ3v) is 2.16. The minimum absolute atomic E-state index is 0.104. The summed E-state index contributed by atoms with van der Waals surface area (Å²) in [4.78, 5) is 37.7. The number of aromatic nitrogens is 1. The highest BCUT2D eigenvalue weighted by atomic mass is 16.6. The van der Waals surface area contributed by atoms with Gasteiger partial charge < -0.3 is 19.8 Å². The van der Waals surface area contributed by atoms with Gasteiger partial charge in [0, 0.05) is 6.20 Å². The second-order valence-corrected chi connectivity index (χ2v) is 3.49. The van der Waals surface area contributed by atoms with Gasteiger partial charge in [-0.1, -0.05) is 0 Å². The fourth-order valence-corrected chi connectivity index (χ4v) is 1.35. The summed E-state index contributed by atoms with van der Waals surface area (Å²) < 4.78 is 9.45. The van der Waals surface area contributed by atoms with Crippen molar-refractivity contribution < 1.29 is 23.9 Å². The lowest BCUT2D eigenvalue weighted by Crippen LogP contribution is -2.48. The molecule has 7 nitrogen and oxygen atoms in total. The maximum Gasteiger partial charge on any atom is 0.340 e. The molecule has 1 heterocycles. The largest absolute Gasteiger partial charge is 0.464 e. The number of amides is 1. The van der Waals surface area contributed by atoms with Gasteiger partial charge in [0.05, 0.1) is 13.2 Å². The topological polar surface area (TPSA) is 97.5 Å². The molecule has 0 spiro atoms. The van der Waals surface area contributed by atoms with Crippen LogP contribution in [0.3, 0.4) is 0 Å². The third kappa shape index (κ3) is 4.13. The van der Waals surface area contributed by atoms with Crippen molar-refractivity contribution in [3.8, 4) is 0 Å². The summed E-state index contributed by atoms with van der Waals surface area (Å²) in [5.41, 5.74) is 0.235. The average Bonchev–Trinajstić information content (AvgIpc) is 2.90. The predicted octanol–water partition coefficient (Wildman–Crippen LogP) is 0.239. The SMILES string of the molecule is CCOC(=O)C(NC(=O)c1ccc[nH]1)C(=O)OCC. The van der Waals surface area contributed by atoms with Gasteiger partial charge in [0.1, 0.15) is 5.69 Å². The normalized spacial score (nSPS) is 10.1. The van der Waals surface area contributed by atoms with Crippen molar-refractivity contribution in [3.63, 3.8) is 0 Å². The van der Waals surface area contributed by atoms with E-state index >= 15 is 0 Å².